The molecule has 0 radical (unpaired) electrons. The molecule has 0 N–H and O–H groups in total. The highest BCUT2D eigenvalue weighted by Crippen LogP contribution is 2.38. The Labute approximate surface area is 148 Å². The molecule has 2 unspecified atom stereocenters. The predicted molar refractivity (Wildman–Crippen MR) is 105 cm³/mol. The monoisotopic (exact) mass is 352 g/mol. The van der Waals surface area contributed by atoms with Gasteiger partial charge in [-0.05, 0) is 23.3 Å². The first-order valence-electron chi connectivity index (χ1n) is 8.84. The fraction of sp³-hybridized carbons (Fsp3) is 0.273. The van der Waals surface area contributed by atoms with Gasteiger partial charge in [0.15, 0.2) is 0 Å². The molecule has 25 heavy (non-hydrogen) atoms. The van der Waals surface area contributed by atoms with Gasteiger partial charge in [-0.1, -0.05) is 73.7 Å². The average molecular weight is 353 g/mol. The van der Waals surface area contributed by atoms with E-state index in [9.17, 15) is 8.78 Å². The zero-order chi connectivity index (χ0) is 17.9. The van der Waals surface area contributed by atoms with Gasteiger partial charge in [0.1, 0.15) is 19.7 Å². The Morgan fingerprint density at radius 3 is 1.52 bits per heavy atom. The van der Waals surface area contributed by atoms with Crippen LogP contribution in [0.2, 0.25) is 13.1 Å². The lowest BCUT2D eigenvalue weighted by Gasteiger charge is -2.30. The van der Waals surface area contributed by atoms with Crippen LogP contribution in [0, 0.1) is 0 Å². The van der Waals surface area contributed by atoms with Gasteiger partial charge in [-0.25, -0.2) is 8.78 Å². The van der Waals surface area contributed by atoms with E-state index in [1.165, 1.54) is 10.4 Å². The molecular weight excluding hydrogens is 330 g/mol. The van der Waals surface area contributed by atoms with E-state index in [1.54, 1.807) is 12.2 Å². The normalized spacial score (nSPS) is 21.7. The summed E-state index contributed by atoms with van der Waals surface area (Å²) >= 11 is 0. The third-order valence-corrected chi connectivity index (χ3v) is 9.34. The van der Waals surface area contributed by atoms with E-state index in [1.807, 2.05) is 24.3 Å². The van der Waals surface area contributed by atoms with Gasteiger partial charge in [-0.3, -0.25) is 0 Å². The Hall–Kier alpha value is -2.00. The number of hydrogen-bond acceptors (Lipinski definition) is 0. The lowest BCUT2D eigenvalue weighted by Crippen LogP contribution is -2.56. The van der Waals surface area contributed by atoms with E-state index >= 15 is 0 Å². The fourth-order valence-electron chi connectivity index (χ4n) is 4.55. The van der Waals surface area contributed by atoms with E-state index in [4.69, 9.17) is 0 Å². The molecule has 0 nitrogen and oxygen atoms in total. The maximum absolute atomic E-state index is 14.3. The van der Waals surface area contributed by atoms with Crippen LogP contribution in [0.1, 0.15) is 47.9 Å². The van der Waals surface area contributed by atoms with Crippen LogP contribution in [0.4, 0.5) is 8.78 Å². The van der Waals surface area contributed by atoms with E-state index in [2.05, 4.69) is 39.1 Å². The van der Waals surface area contributed by atoms with E-state index in [-0.39, 0.29) is 23.5 Å². The molecule has 128 valence electrons. The topological polar surface area (TPSA) is 0 Å². The lowest BCUT2D eigenvalue weighted by molar-refractivity contribution is 0.760. The van der Waals surface area contributed by atoms with Crippen LogP contribution in [-0.2, 0) is 0 Å². The molecule has 0 fully saturated rings. The summed E-state index contributed by atoms with van der Waals surface area (Å²) in [5.74, 6) is -0.0638. The minimum Gasteiger partial charge on any atom is -0.207 e. The highest BCUT2D eigenvalue weighted by molar-refractivity contribution is 7.01. The van der Waals surface area contributed by atoms with Gasteiger partial charge >= 0.3 is 0 Å². The van der Waals surface area contributed by atoms with Gasteiger partial charge in [0.05, 0.1) is 0 Å². The van der Waals surface area contributed by atoms with Crippen molar-refractivity contribution in [1.29, 1.82) is 0 Å². The Bertz CT molecular complexity index is 862. The van der Waals surface area contributed by atoms with Crippen molar-refractivity contribution in [2.45, 2.75) is 38.8 Å². The Kier molecular flexibility index (Phi) is 3.62. The summed E-state index contributed by atoms with van der Waals surface area (Å²) in [7, 11) is -2.11. The third-order valence-electron chi connectivity index (χ3n) is 5.78. The molecule has 0 aliphatic heterocycles. The summed E-state index contributed by atoms with van der Waals surface area (Å²) in [6.45, 7) is 8.70. The van der Waals surface area contributed by atoms with Crippen molar-refractivity contribution >= 4 is 30.1 Å². The quantitative estimate of drug-likeness (QED) is 0.638. The molecule has 0 heterocycles. The van der Waals surface area contributed by atoms with Crippen molar-refractivity contribution in [2.75, 3.05) is 0 Å². The van der Waals surface area contributed by atoms with E-state index in [0.717, 1.165) is 22.3 Å². The molecule has 2 aliphatic carbocycles. The van der Waals surface area contributed by atoms with Gasteiger partial charge in [0.2, 0.25) is 0 Å². The summed E-state index contributed by atoms with van der Waals surface area (Å²) in [4.78, 5) is 0. The zero-order valence-corrected chi connectivity index (χ0v) is 16.0. The Balaban J connectivity index is 1.93. The maximum Gasteiger partial charge on any atom is 0.127 e. The van der Waals surface area contributed by atoms with Crippen LogP contribution in [0.3, 0.4) is 0 Å². The van der Waals surface area contributed by atoms with Crippen molar-refractivity contribution in [3.63, 3.8) is 0 Å². The summed E-state index contributed by atoms with van der Waals surface area (Å²) in [6.07, 6.45) is 3.41. The predicted octanol–water partition coefficient (Wildman–Crippen LogP) is 5.36. The fourth-order valence-corrected chi connectivity index (χ4v) is 7.94. The molecule has 2 aromatic rings. The van der Waals surface area contributed by atoms with E-state index < -0.39 is 8.07 Å². The Morgan fingerprint density at radius 2 is 1.12 bits per heavy atom. The molecule has 0 saturated carbocycles. The summed E-state index contributed by atoms with van der Waals surface area (Å²) in [5, 5.41) is 2.52. The highest BCUT2D eigenvalue weighted by Gasteiger charge is 2.37. The number of benzene rings is 2. The third kappa shape index (κ3) is 2.29. The highest BCUT2D eigenvalue weighted by atomic mass is 28.3. The van der Waals surface area contributed by atoms with Gasteiger partial charge < -0.3 is 0 Å². The molecule has 2 aliphatic rings. The summed E-state index contributed by atoms with van der Waals surface area (Å²) in [6, 6.07) is 12.0. The van der Waals surface area contributed by atoms with Crippen LogP contribution in [0.25, 0.3) is 11.7 Å². The van der Waals surface area contributed by atoms with Gasteiger partial charge in [-0.15, -0.1) is 0 Å². The van der Waals surface area contributed by atoms with E-state index in [0.29, 0.717) is 0 Å². The SMILES string of the molecule is CC1C=C(F)c2cccc([Si](C)(C)c3cccc4c3C(C)C=C4F)c21. The first-order chi connectivity index (χ1) is 11.8. The molecule has 0 spiro atoms. The molecule has 0 bridgehead atoms. The van der Waals surface area contributed by atoms with Crippen molar-refractivity contribution in [2.24, 2.45) is 0 Å². The van der Waals surface area contributed by atoms with Crippen LogP contribution in [-0.4, -0.2) is 8.07 Å². The second-order valence-corrected chi connectivity index (χ2v) is 12.1. The van der Waals surface area contributed by atoms with Crippen molar-refractivity contribution in [1.82, 2.24) is 0 Å². The first kappa shape index (κ1) is 16.5. The molecular formula is C22H22F2Si. The zero-order valence-electron chi connectivity index (χ0n) is 15.0. The number of rotatable bonds is 2. The van der Waals surface area contributed by atoms with Gasteiger partial charge in [0.25, 0.3) is 0 Å². The van der Waals surface area contributed by atoms with Gasteiger partial charge in [-0.2, -0.15) is 0 Å². The first-order valence-corrected chi connectivity index (χ1v) is 11.8. The summed E-state index contributed by atoms with van der Waals surface area (Å²) < 4.78 is 28.6. The van der Waals surface area contributed by atoms with Crippen LogP contribution in [0.5, 0.6) is 0 Å². The second-order valence-electron chi connectivity index (χ2n) is 7.77. The molecule has 0 aromatic heterocycles. The number of hydrogen-bond donors (Lipinski definition) is 0. The van der Waals surface area contributed by atoms with Crippen LogP contribution >= 0.6 is 0 Å². The maximum atomic E-state index is 14.3. The standard InChI is InChI=1S/C22H22F2Si/c1-13-11-17(23)15-7-5-9-19(21(13)15)25(3,4)20-10-6-8-16-18(24)12-14(2)22(16)20/h5-14H,1-4H3. The second kappa shape index (κ2) is 5.50. The Morgan fingerprint density at radius 1 is 0.720 bits per heavy atom. The minimum atomic E-state index is -2.11. The average Bonchev–Trinajstić information content (AvgIpc) is 3.04. The van der Waals surface area contributed by atoms with Crippen LogP contribution in [0.15, 0.2) is 48.6 Å². The summed E-state index contributed by atoms with van der Waals surface area (Å²) in [5.41, 5.74) is 3.70. The number of allylic oxidation sites excluding steroid dienone is 2. The number of fused-ring (bicyclic) bond motifs is 2. The van der Waals surface area contributed by atoms with Crippen molar-refractivity contribution in [3.8, 4) is 0 Å². The lowest BCUT2D eigenvalue weighted by atomic mass is 10.0. The van der Waals surface area contributed by atoms with Crippen molar-refractivity contribution in [3.05, 3.63) is 70.8 Å². The molecule has 2 aromatic carbocycles. The van der Waals surface area contributed by atoms with Crippen LogP contribution < -0.4 is 10.4 Å². The molecule has 4 rings (SSSR count). The number of halogens is 2. The molecule has 0 saturated heterocycles. The molecule has 3 heteroatoms. The molecule has 2 atom stereocenters. The largest absolute Gasteiger partial charge is 0.207 e. The molecule has 0 amide bonds. The van der Waals surface area contributed by atoms with Gasteiger partial charge in [0, 0.05) is 23.0 Å². The smallest absolute Gasteiger partial charge is 0.127 e. The van der Waals surface area contributed by atoms with Crippen molar-refractivity contribution < 1.29 is 8.78 Å². The minimum absolute atomic E-state index is 0.0852.